The second kappa shape index (κ2) is 5.93. The highest BCUT2D eigenvalue weighted by atomic mass is 79.9. The van der Waals surface area contributed by atoms with Crippen LogP contribution in [0.25, 0.3) is 0 Å². The van der Waals surface area contributed by atoms with E-state index in [1.807, 2.05) is 25.1 Å². The molecule has 3 nitrogen and oxygen atoms in total. The van der Waals surface area contributed by atoms with Crippen molar-refractivity contribution in [1.82, 2.24) is 4.98 Å². The maximum atomic E-state index is 13.0. The van der Waals surface area contributed by atoms with Gasteiger partial charge < -0.3 is 5.32 Å². The molecule has 0 saturated carbocycles. The van der Waals surface area contributed by atoms with Gasteiger partial charge in [0.05, 0.1) is 0 Å². The van der Waals surface area contributed by atoms with Crippen molar-refractivity contribution in [2.45, 2.75) is 13.3 Å². The summed E-state index contributed by atoms with van der Waals surface area (Å²) < 4.78 is 13.9. The minimum atomic E-state index is -0.667. The summed E-state index contributed by atoms with van der Waals surface area (Å²) in [4.78, 5) is 15.4. The largest absolute Gasteiger partial charge is 0.322 e. The molecule has 0 aliphatic rings. The van der Waals surface area contributed by atoms with Gasteiger partial charge in [0.2, 0.25) is 5.95 Å². The van der Waals surface area contributed by atoms with E-state index in [4.69, 9.17) is 0 Å². The minimum absolute atomic E-state index is 0.248. The molecular formula is C14H12BrFN2O. The molecule has 1 N–H and O–H groups in total. The fourth-order valence-electron chi connectivity index (χ4n) is 1.71. The first-order valence-electron chi connectivity index (χ1n) is 5.81. The average Bonchev–Trinajstić information content (AvgIpc) is 2.40. The molecule has 0 aliphatic carbocycles. The lowest BCUT2D eigenvalue weighted by molar-refractivity contribution is 0.102. The molecule has 0 unspecified atom stereocenters. The summed E-state index contributed by atoms with van der Waals surface area (Å²) in [5.74, 6) is -1.02. The molecule has 19 heavy (non-hydrogen) atoms. The smallest absolute Gasteiger partial charge is 0.255 e. The number of hydrogen-bond donors (Lipinski definition) is 1. The van der Waals surface area contributed by atoms with Crippen molar-refractivity contribution in [3.05, 3.63) is 58.1 Å². The molecule has 2 aromatic rings. The molecule has 0 saturated heterocycles. The zero-order valence-corrected chi connectivity index (χ0v) is 11.9. The van der Waals surface area contributed by atoms with E-state index in [1.165, 1.54) is 12.3 Å². The zero-order chi connectivity index (χ0) is 13.8. The third-order valence-corrected chi connectivity index (χ3v) is 3.18. The standard InChI is InChI=1S/C14H12BrFN2O/c1-2-9-7-11(15)3-4-12(9)18-14(19)10-5-6-17-13(16)8-10/h3-8H,2H2,1H3,(H,18,19). The Labute approximate surface area is 119 Å². The van der Waals surface area contributed by atoms with Gasteiger partial charge in [0, 0.05) is 28.0 Å². The molecule has 2 rings (SSSR count). The van der Waals surface area contributed by atoms with Crippen molar-refractivity contribution in [2.75, 3.05) is 5.32 Å². The topological polar surface area (TPSA) is 42.0 Å². The summed E-state index contributed by atoms with van der Waals surface area (Å²) >= 11 is 3.39. The van der Waals surface area contributed by atoms with Crippen LogP contribution in [-0.2, 0) is 6.42 Å². The number of benzene rings is 1. The number of rotatable bonds is 3. The fourth-order valence-corrected chi connectivity index (χ4v) is 2.12. The Morgan fingerprint density at radius 3 is 2.84 bits per heavy atom. The number of aryl methyl sites for hydroxylation is 1. The highest BCUT2D eigenvalue weighted by Crippen LogP contribution is 2.22. The molecule has 1 aromatic heterocycles. The Bertz CT molecular complexity index is 616. The number of hydrogen-bond acceptors (Lipinski definition) is 2. The molecule has 1 heterocycles. The van der Waals surface area contributed by atoms with Crippen LogP contribution in [-0.4, -0.2) is 10.9 Å². The molecule has 1 aromatic carbocycles. The maximum Gasteiger partial charge on any atom is 0.255 e. The lowest BCUT2D eigenvalue weighted by Gasteiger charge is -2.10. The molecule has 0 spiro atoms. The van der Waals surface area contributed by atoms with Gasteiger partial charge in [-0.2, -0.15) is 4.39 Å². The average molecular weight is 323 g/mol. The Balaban J connectivity index is 2.24. The number of carbonyl (C=O) groups is 1. The van der Waals surface area contributed by atoms with E-state index in [2.05, 4.69) is 26.2 Å². The van der Waals surface area contributed by atoms with Crippen LogP contribution in [0.5, 0.6) is 0 Å². The van der Waals surface area contributed by atoms with Crippen molar-refractivity contribution < 1.29 is 9.18 Å². The van der Waals surface area contributed by atoms with Crippen LogP contribution in [0.4, 0.5) is 10.1 Å². The number of anilines is 1. The Morgan fingerprint density at radius 2 is 2.16 bits per heavy atom. The van der Waals surface area contributed by atoms with Crippen LogP contribution in [0.15, 0.2) is 41.0 Å². The van der Waals surface area contributed by atoms with E-state index in [0.717, 1.165) is 28.2 Å². The summed E-state index contributed by atoms with van der Waals surface area (Å²) in [6.07, 6.45) is 2.06. The van der Waals surface area contributed by atoms with Crippen molar-refractivity contribution in [3.63, 3.8) is 0 Å². The van der Waals surface area contributed by atoms with Crippen molar-refractivity contribution >= 4 is 27.5 Å². The van der Waals surface area contributed by atoms with Gasteiger partial charge in [0.1, 0.15) is 0 Å². The van der Waals surface area contributed by atoms with E-state index in [9.17, 15) is 9.18 Å². The van der Waals surface area contributed by atoms with Crippen molar-refractivity contribution in [1.29, 1.82) is 0 Å². The van der Waals surface area contributed by atoms with Crippen LogP contribution in [0.2, 0.25) is 0 Å². The molecule has 1 amide bonds. The van der Waals surface area contributed by atoms with Gasteiger partial charge in [-0.15, -0.1) is 0 Å². The van der Waals surface area contributed by atoms with Crippen molar-refractivity contribution in [2.24, 2.45) is 0 Å². The second-order valence-electron chi connectivity index (χ2n) is 3.98. The summed E-state index contributed by atoms with van der Waals surface area (Å²) in [5, 5.41) is 2.78. The van der Waals surface area contributed by atoms with E-state index in [0.29, 0.717) is 0 Å². The molecule has 5 heteroatoms. The van der Waals surface area contributed by atoms with E-state index >= 15 is 0 Å². The van der Waals surface area contributed by atoms with E-state index in [-0.39, 0.29) is 11.5 Å². The third kappa shape index (κ3) is 3.38. The SMILES string of the molecule is CCc1cc(Br)ccc1NC(=O)c1ccnc(F)c1. The normalized spacial score (nSPS) is 10.3. The number of aromatic nitrogens is 1. The number of pyridine rings is 1. The highest BCUT2D eigenvalue weighted by Gasteiger charge is 2.09. The van der Waals surface area contributed by atoms with Gasteiger partial charge in [-0.25, -0.2) is 4.98 Å². The zero-order valence-electron chi connectivity index (χ0n) is 10.3. The van der Waals surface area contributed by atoms with Gasteiger partial charge in [0.25, 0.3) is 5.91 Å². The van der Waals surface area contributed by atoms with Gasteiger partial charge in [0.15, 0.2) is 0 Å². The summed E-state index contributed by atoms with van der Waals surface area (Å²) in [6, 6.07) is 8.20. The first-order chi connectivity index (χ1) is 9.10. The Hall–Kier alpha value is -1.75. The number of amides is 1. The number of halogens is 2. The summed E-state index contributed by atoms with van der Waals surface area (Å²) in [6.45, 7) is 2.00. The first kappa shape index (κ1) is 13.7. The maximum absolute atomic E-state index is 13.0. The lowest BCUT2D eigenvalue weighted by Crippen LogP contribution is -2.13. The number of nitrogens with one attached hydrogen (secondary N) is 1. The van der Waals surface area contributed by atoms with E-state index in [1.54, 1.807) is 0 Å². The van der Waals surface area contributed by atoms with Gasteiger partial charge in [-0.1, -0.05) is 22.9 Å². The van der Waals surface area contributed by atoms with Gasteiger partial charge in [-0.3, -0.25) is 4.79 Å². The van der Waals surface area contributed by atoms with Crippen LogP contribution >= 0.6 is 15.9 Å². The van der Waals surface area contributed by atoms with Gasteiger partial charge >= 0.3 is 0 Å². The van der Waals surface area contributed by atoms with Crippen molar-refractivity contribution in [3.8, 4) is 0 Å². The predicted octanol–water partition coefficient (Wildman–Crippen LogP) is 3.80. The van der Waals surface area contributed by atoms with Crippen LogP contribution < -0.4 is 5.32 Å². The van der Waals surface area contributed by atoms with Gasteiger partial charge in [-0.05, 0) is 36.2 Å². The predicted molar refractivity (Wildman–Crippen MR) is 75.7 cm³/mol. The van der Waals surface area contributed by atoms with Crippen LogP contribution in [0.1, 0.15) is 22.8 Å². The Kier molecular flexibility index (Phi) is 4.27. The molecule has 98 valence electrons. The first-order valence-corrected chi connectivity index (χ1v) is 6.60. The Morgan fingerprint density at radius 1 is 1.37 bits per heavy atom. The quantitative estimate of drug-likeness (QED) is 0.873. The molecule has 0 bridgehead atoms. The molecule has 0 atom stereocenters. The molecule has 0 aliphatic heterocycles. The van der Waals surface area contributed by atoms with E-state index < -0.39 is 5.95 Å². The highest BCUT2D eigenvalue weighted by molar-refractivity contribution is 9.10. The monoisotopic (exact) mass is 322 g/mol. The lowest BCUT2D eigenvalue weighted by atomic mass is 10.1. The molecule has 0 radical (unpaired) electrons. The summed E-state index contributed by atoms with van der Waals surface area (Å²) in [7, 11) is 0. The van der Waals surface area contributed by atoms with Crippen LogP contribution in [0.3, 0.4) is 0 Å². The molecule has 0 fully saturated rings. The molecular weight excluding hydrogens is 311 g/mol. The summed E-state index contributed by atoms with van der Waals surface area (Å²) in [5.41, 5.74) is 1.99. The van der Waals surface area contributed by atoms with Crippen LogP contribution in [0, 0.1) is 5.95 Å². The third-order valence-electron chi connectivity index (χ3n) is 2.69. The number of nitrogens with zero attached hydrogens (tertiary/aromatic N) is 1. The second-order valence-corrected chi connectivity index (χ2v) is 4.89. The minimum Gasteiger partial charge on any atom is -0.322 e. The number of carbonyl (C=O) groups excluding carboxylic acids is 1. The fraction of sp³-hybridized carbons (Fsp3) is 0.143.